The van der Waals surface area contributed by atoms with E-state index in [1.807, 2.05) is 4.57 Å². The first-order valence-corrected chi connectivity index (χ1v) is 6.31. The van der Waals surface area contributed by atoms with Gasteiger partial charge in [-0.3, -0.25) is 0 Å². The Morgan fingerprint density at radius 2 is 2.35 bits per heavy atom. The first kappa shape index (κ1) is 11.8. The van der Waals surface area contributed by atoms with Crippen LogP contribution in [0.2, 0.25) is 0 Å². The van der Waals surface area contributed by atoms with Gasteiger partial charge >= 0.3 is 0 Å². The van der Waals surface area contributed by atoms with E-state index in [0.29, 0.717) is 11.6 Å². The molecule has 0 radical (unpaired) electrons. The Bertz CT molecular complexity index is 441. The van der Waals surface area contributed by atoms with Crippen LogP contribution in [-0.4, -0.2) is 17.7 Å². The van der Waals surface area contributed by atoms with Gasteiger partial charge in [-0.1, -0.05) is 6.92 Å². The highest BCUT2D eigenvalue weighted by molar-refractivity contribution is 5.68. The number of nitrogens with zero attached hydrogens (tertiary/aromatic N) is 3. The number of rotatable bonds is 2. The zero-order valence-corrected chi connectivity index (χ0v) is 10.6. The zero-order chi connectivity index (χ0) is 12.4. The third kappa shape index (κ3) is 2.10. The van der Waals surface area contributed by atoms with E-state index in [1.165, 1.54) is 12.8 Å². The molecule has 0 aromatic carbocycles. The van der Waals surface area contributed by atoms with Crippen LogP contribution in [-0.2, 0) is 6.54 Å². The van der Waals surface area contributed by atoms with Crippen LogP contribution in [0.3, 0.4) is 0 Å². The SMILES string of the molecule is CCn1c(C#N)cc(N)c1N1CCC[C@H](C)C1. The lowest BCUT2D eigenvalue weighted by atomic mass is 10.0. The molecule has 1 aliphatic heterocycles. The predicted molar refractivity (Wildman–Crippen MR) is 69.8 cm³/mol. The summed E-state index contributed by atoms with van der Waals surface area (Å²) in [5.74, 6) is 1.74. The van der Waals surface area contributed by atoms with Crippen LogP contribution < -0.4 is 10.6 Å². The van der Waals surface area contributed by atoms with E-state index in [-0.39, 0.29) is 0 Å². The molecule has 0 bridgehead atoms. The summed E-state index contributed by atoms with van der Waals surface area (Å²) in [6, 6.07) is 4.00. The minimum atomic E-state index is 0.665. The van der Waals surface area contributed by atoms with Gasteiger partial charge in [0, 0.05) is 19.6 Å². The van der Waals surface area contributed by atoms with Gasteiger partial charge in [0.05, 0.1) is 5.69 Å². The van der Waals surface area contributed by atoms with Crippen molar-refractivity contribution in [3.63, 3.8) is 0 Å². The normalized spacial score (nSPS) is 20.3. The Hall–Kier alpha value is -1.63. The minimum absolute atomic E-state index is 0.665. The lowest BCUT2D eigenvalue weighted by molar-refractivity contribution is 0.441. The predicted octanol–water partition coefficient (Wildman–Crippen LogP) is 2.20. The Labute approximate surface area is 103 Å². The van der Waals surface area contributed by atoms with Gasteiger partial charge in [0.15, 0.2) is 0 Å². The molecule has 0 saturated carbocycles. The summed E-state index contributed by atoms with van der Waals surface area (Å²) in [7, 11) is 0. The summed E-state index contributed by atoms with van der Waals surface area (Å²) < 4.78 is 2.02. The number of nitrogens with two attached hydrogens (primary N) is 1. The number of hydrogen-bond acceptors (Lipinski definition) is 3. The van der Waals surface area contributed by atoms with Crippen LogP contribution in [0.25, 0.3) is 0 Å². The summed E-state index contributed by atoms with van der Waals surface area (Å²) in [5, 5.41) is 9.09. The van der Waals surface area contributed by atoms with Crippen molar-refractivity contribution in [2.75, 3.05) is 23.7 Å². The van der Waals surface area contributed by atoms with Gasteiger partial charge in [-0.15, -0.1) is 0 Å². The average Bonchev–Trinajstić information content (AvgIpc) is 2.65. The number of nitriles is 1. The first-order chi connectivity index (χ1) is 8.17. The standard InChI is InChI=1S/C13H20N4/c1-3-17-11(8-14)7-12(15)13(17)16-6-4-5-10(2)9-16/h7,10H,3-6,9,15H2,1-2H3/t10-/m0/s1. The van der Waals surface area contributed by atoms with Gasteiger partial charge < -0.3 is 15.2 Å². The molecular formula is C13H20N4. The maximum absolute atomic E-state index is 9.09. The second-order valence-electron chi connectivity index (χ2n) is 4.86. The monoisotopic (exact) mass is 232 g/mol. The number of hydrogen-bond donors (Lipinski definition) is 1. The van der Waals surface area contributed by atoms with Crippen molar-refractivity contribution >= 4 is 11.5 Å². The van der Waals surface area contributed by atoms with Gasteiger partial charge in [-0.2, -0.15) is 5.26 Å². The molecule has 1 fully saturated rings. The van der Waals surface area contributed by atoms with Gasteiger partial charge in [-0.05, 0) is 31.7 Å². The third-order valence-corrected chi connectivity index (χ3v) is 3.48. The molecule has 1 aromatic rings. The Morgan fingerprint density at radius 3 is 2.94 bits per heavy atom. The summed E-state index contributed by atoms with van der Waals surface area (Å²) in [5.41, 5.74) is 7.45. The van der Waals surface area contributed by atoms with Gasteiger partial charge in [-0.25, -0.2) is 0 Å². The van der Waals surface area contributed by atoms with Crippen LogP contribution in [0.15, 0.2) is 6.07 Å². The highest BCUT2D eigenvalue weighted by Gasteiger charge is 2.22. The molecule has 0 aliphatic carbocycles. The fraction of sp³-hybridized carbons (Fsp3) is 0.615. The van der Waals surface area contributed by atoms with E-state index in [4.69, 9.17) is 11.0 Å². The maximum Gasteiger partial charge on any atom is 0.133 e. The quantitative estimate of drug-likeness (QED) is 0.850. The average molecular weight is 232 g/mol. The van der Waals surface area contributed by atoms with E-state index in [9.17, 15) is 0 Å². The third-order valence-electron chi connectivity index (χ3n) is 3.48. The number of aromatic nitrogens is 1. The minimum Gasteiger partial charge on any atom is -0.396 e. The van der Waals surface area contributed by atoms with Crippen LogP contribution in [0.4, 0.5) is 11.5 Å². The van der Waals surface area contributed by atoms with Crippen molar-refractivity contribution in [3.05, 3.63) is 11.8 Å². The van der Waals surface area contributed by atoms with Crippen LogP contribution in [0.5, 0.6) is 0 Å². The number of anilines is 2. The lowest BCUT2D eigenvalue weighted by Gasteiger charge is -2.33. The van der Waals surface area contributed by atoms with Crippen molar-refractivity contribution in [2.24, 2.45) is 5.92 Å². The molecule has 0 spiro atoms. The lowest BCUT2D eigenvalue weighted by Crippen LogP contribution is -2.36. The summed E-state index contributed by atoms with van der Waals surface area (Å²) >= 11 is 0. The van der Waals surface area contributed by atoms with Crippen molar-refractivity contribution in [3.8, 4) is 6.07 Å². The maximum atomic E-state index is 9.09. The molecule has 4 nitrogen and oxygen atoms in total. The van der Waals surface area contributed by atoms with E-state index >= 15 is 0 Å². The molecule has 2 N–H and O–H groups in total. The van der Waals surface area contributed by atoms with Crippen molar-refractivity contribution in [1.82, 2.24) is 4.57 Å². The van der Waals surface area contributed by atoms with Crippen molar-refractivity contribution < 1.29 is 0 Å². The Kier molecular flexibility index (Phi) is 3.28. The second-order valence-corrected chi connectivity index (χ2v) is 4.86. The highest BCUT2D eigenvalue weighted by atomic mass is 15.3. The number of nitrogen functional groups attached to an aromatic ring is 1. The first-order valence-electron chi connectivity index (χ1n) is 6.31. The molecule has 1 aromatic heterocycles. The van der Waals surface area contributed by atoms with E-state index < -0.39 is 0 Å². The molecule has 0 unspecified atom stereocenters. The largest absolute Gasteiger partial charge is 0.396 e. The molecule has 1 aliphatic rings. The van der Waals surface area contributed by atoms with Gasteiger partial charge in [0.2, 0.25) is 0 Å². The molecule has 4 heteroatoms. The smallest absolute Gasteiger partial charge is 0.133 e. The summed E-state index contributed by atoms with van der Waals surface area (Å²) in [6.07, 6.45) is 2.49. The Balaban J connectivity index is 2.37. The molecule has 2 heterocycles. The van der Waals surface area contributed by atoms with E-state index in [1.54, 1.807) is 6.07 Å². The fourth-order valence-electron chi connectivity index (χ4n) is 2.71. The van der Waals surface area contributed by atoms with Crippen molar-refractivity contribution in [2.45, 2.75) is 33.2 Å². The number of piperidine rings is 1. The highest BCUT2D eigenvalue weighted by Crippen LogP contribution is 2.31. The van der Waals surface area contributed by atoms with Crippen LogP contribution in [0.1, 0.15) is 32.4 Å². The molecular weight excluding hydrogens is 212 g/mol. The molecule has 1 saturated heterocycles. The summed E-state index contributed by atoms with van der Waals surface area (Å²) in [6.45, 7) is 7.20. The van der Waals surface area contributed by atoms with Gasteiger partial charge in [0.1, 0.15) is 17.6 Å². The van der Waals surface area contributed by atoms with E-state index in [0.717, 1.165) is 31.1 Å². The molecule has 17 heavy (non-hydrogen) atoms. The molecule has 92 valence electrons. The molecule has 1 atom stereocenters. The Morgan fingerprint density at radius 1 is 1.59 bits per heavy atom. The topological polar surface area (TPSA) is 58.0 Å². The van der Waals surface area contributed by atoms with Gasteiger partial charge in [0.25, 0.3) is 0 Å². The zero-order valence-electron chi connectivity index (χ0n) is 10.6. The summed E-state index contributed by atoms with van der Waals surface area (Å²) in [4.78, 5) is 2.33. The van der Waals surface area contributed by atoms with Crippen molar-refractivity contribution in [1.29, 1.82) is 5.26 Å². The molecule has 2 rings (SSSR count). The molecule has 0 amide bonds. The van der Waals surface area contributed by atoms with Crippen LogP contribution >= 0.6 is 0 Å². The van der Waals surface area contributed by atoms with E-state index in [2.05, 4.69) is 24.8 Å². The second kappa shape index (κ2) is 4.70. The fourth-order valence-corrected chi connectivity index (χ4v) is 2.71. The van der Waals surface area contributed by atoms with Crippen LogP contribution in [0, 0.1) is 17.2 Å².